The minimum Gasteiger partial charge on any atom is -0.480 e. The Balaban J connectivity index is 2.41. The first-order valence-electron chi connectivity index (χ1n) is 5.19. The summed E-state index contributed by atoms with van der Waals surface area (Å²) in [6, 6.07) is 0. The van der Waals surface area contributed by atoms with Crippen molar-refractivity contribution in [2.45, 2.75) is 0 Å². The lowest BCUT2D eigenvalue weighted by atomic mass is 10.4. The van der Waals surface area contributed by atoms with E-state index in [0.29, 0.717) is 0 Å². The average molecular weight is 264 g/mol. The fourth-order valence-corrected chi connectivity index (χ4v) is 2.78. The van der Waals surface area contributed by atoms with Crippen molar-refractivity contribution in [1.29, 1.82) is 0 Å². The molecule has 0 bridgehead atoms. The third kappa shape index (κ3) is 4.70. The van der Waals surface area contributed by atoms with Crippen molar-refractivity contribution in [2.24, 2.45) is 0 Å². The fraction of sp³-hybridized carbons (Fsp3) is 0.778. The molecule has 1 saturated heterocycles. The van der Waals surface area contributed by atoms with Crippen LogP contribution in [0.2, 0.25) is 0 Å². The molecule has 1 amide bonds. The van der Waals surface area contributed by atoms with Crippen molar-refractivity contribution in [2.75, 3.05) is 44.7 Å². The Bertz CT molecular complexity index is 392. The zero-order valence-corrected chi connectivity index (χ0v) is 10.4. The number of sulfone groups is 1. The average Bonchev–Trinajstić information content (AvgIpc) is 2.15. The van der Waals surface area contributed by atoms with Gasteiger partial charge in [-0.3, -0.25) is 14.5 Å². The van der Waals surface area contributed by atoms with Gasteiger partial charge in [-0.25, -0.2) is 8.42 Å². The molecule has 0 atom stereocenters. The van der Waals surface area contributed by atoms with Crippen LogP contribution in [0.25, 0.3) is 0 Å². The zero-order chi connectivity index (χ0) is 13.1. The number of rotatable bonds is 4. The normalized spacial score (nSPS) is 19.3. The van der Waals surface area contributed by atoms with Crippen LogP contribution in [0.15, 0.2) is 0 Å². The van der Waals surface area contributed by atoms with Crippen molar-refractivity contribution in [3.05, 3.63) is 0 Å². The third-order valence-corrected chi connectivity index (χ3v) is 4.12. The number of likely N-dealkylation sites (N-methyl/N-ethyl adjacent to an activating group) is 1. The quantitative estimate of drug-likeness (QED) is 0.647. The van der Waals surface area contributed by atoms with Crippen LogP contribution in [-0.4, -0.2) is 79.9 Å². The van der Waals surface area contributed by atoms with E-state index in [0.717, 1.165) is 0 Å². The summed E-state index contributed by atoms with van der Waals surface area (Å²) < 4.78 is 22.3. The van der Waals surface area contributed by atoms with Gasteiger partial charge in [-0.15, -0.1) is 0 Å². The van der Waals surface area contributed by atoms with Crippen LogP contribution in [0, 0.1) is 0 Å². The number of carboxylic acid groups (broad SMARTS) is 1. The first-order chi connectivity index (χ1) is 7.80. The molecule has 1 heterocycles. The lowest BCUT2D eigenvalue weighted by molar-refractivity contribution is -0.139. The van der Waals surface area contributed by atoms with E-state index >= 15 is 0 Å². The van der Waals surface area contributed by atoms with Gasteiger partial charge >= 0.3 is 5.97 Å². The Labute approximate surface area is 99.9 Å². The lowest BCUT2D eigenvalue weighted by Gasteiger charge is -2.28. The predicted octanol–water partition coefficient (Wildman–Crippen LogP) is -1.74. The van der Waals surface area contributed by atoms with E-state index < -0.39 is 15.8 Å². The molecule has 0 radical (unpaired) electrons. The highest BCUT2D eigenvalue weighted by molar-refractivity contribution is 7.91. The maximum absolute atomic E-state index is 11.7. The largest absolute Gasteiger partial charge is 0.480 e. The molecule has 1 fully saturated rings. The van der Waals surface area contributed by atoms with Crippen LogP contribution in [0.3, 0.4) is 0 Å². The van der Waals surface area contributed by atoms with E-state index in [9.17, 15) is 18.0 Å². The summed E-state index contributed by atoms with van der Waals surface area (Å²) in [5, 5.41) is 8.53. The molecular formula is C9H16N2O5S. The van der Waals surface area contributed by atoms with Crippen LogP contribution >= 0.6 is 0 Å². The Morgan fingerprint density at radius 3 is 2.24 bits per heavy atom. The van der Waals surface area contributed by atoms with Gasteiger partial charge < -0.3 is 10.0 Å². The van der Waals surface area contributed by atoms with E-state index in [1.54, 1.807) is 0 Å². The van der Waals surface area contributed by atoms with Crippen molar-refractivity contribution in [3.63, 3.8) is 0 Å². The number of nitrogens with zero attached hydrogens (tertiary/aromatic N) is 2. The molecule has 0 spiro atoms. The molecule has 0 saturated carbocycles. The van der Waals surface area contributed by atoms with E-state index in [4.69, 9.17) is 5.11 Å². The lowest BCUT2D eigenvalue weighted by Crippen LogP contribution is -2.47. The third-order valence-electron chi connectivity index (χ3n) is 2.51. The summed E-state index contributed by atoms with van der Waals surface area (Å²) >= 11 is 0. The molecular weight excluding hydrogens is 248 g/mol. The highest BCUT2D eigenvalue weighted by Gasteiger charge is 2.25. The second-order valence-electron chi connectivity index (χ2n) is 4.10. The van der Waals surface area contributed by atoms with Crippen LogP contribution in [0.4, 0.5) is 0 Å². The molecule has 17 heavy (non-hydrogen) atoms. The number of carbonyl (C=O) groups excluding carboxylic acids is 1. The minimum absolute atomic E-state index is 0.00759. The van der Waals surface area contributed by atoms with Gasteiger partial charge in [-0.05, 0) is 7.05 Å². The number of carboxylic acids is 1. The van der Waals surface area contributed by atoms with Crippen molar-refractivity contribution >= 4 is 21.7 Å². The van der Waals surface area contributed by atoms with Crippen molar-refractivity contribution < 1.29 is 23.1 Å². The standard InChI is InChI=1S/C9H16N2O5S/c1-10(7-9(13)14)6-8(12)11-2-4-17(15,16)5-3-11/h2-7H2,1H3,(H,13,14). The molecule has 98 valence electrons. The number of aliphatic carboxylic acids is 1. The molecule has 0 unspecified atom stereocenters. The highest BCUT2D eigenvalue weighted by atomic mass is 32.2. The van der Waals surface area contributed by atoms with E-state index in [2.05, 4.69) is 0 Å². The van der Waals surface area contributed by atoms with Gasteiger partial charge in [0, 0.05) is 13.1 Å². The first kappa shape index (κ1) is 13.9. The van der Waals surface area contributed by atoms with E-state index in [-0.39, 0.29) is 43.6 Å². The smallest absolute Gasteiger partial charge is 0.317 e. The van der Waals surface area contributed by atoms with Gasteiger partial charge in [0.25, 0.3) is 0 Å². The molecule has 1 rings (SSSR count). The van der Waals surface area contributed by atoms with Gasteiger partial charge in [0.2, 0.25) is 5.91 Å². The highest BCUT2D eigenvalue weighted by Crippen LogP contribution is 2.04. The van der Waals surface area contributed by atoms with E-state index in [1.807, 2.05) is 0 Å². The summed E-state index contributed by atoms with van der Waals surface area (Å²) in [7, 11) is -1.46. The summed E-state index contributed by atoms with van der Waals surface area (Å²) in [4.78, 5) is 24.9. The second-order valence-corrected chi connectivity index (χ2v) is 6.40. The Morgan fingerprint density at radius 1 is 1.24 bits per heavy atom. The molecule has 1 aliphatic heterocycles. The second kappa shape index (κ2) is 5.46. The number of hydrogen-bond acceptors (Lipinski definition) is 5. The van der Waals surface area contributed by atoms with Crippen LogP contribution in [-0.2, 0) is 19.4 Å². The zero-order valence-electron chi connectivity index (χ0n) is 9.63. The first-order valence-corrected chi connectivity index (χ1v) is 7.01. The molecule has 1 aliphatic rings. The summed E-state index contributed by atoms with van der Waals surface area (Å²) in [6.07, 6.45) is 0. The number of carbonyl (C=O) groups is 2. The molecule has 8 heteroatoms. The summed E-state index contributed by atoms with van der Waals surface area (Å²) in [6.45, 7) is 0.175. The topological polar surface area (TPSA) is 95.0 Å². The summed E-state index contributed by atoms with van der Waals surface area (Å²) in [5.74, 6) is -1.26. The maximum atomic E-state index is 11.7. The fourth-order valence-electron chi connectivity index (χ4n) is 1.58. The van der Waals surface area contributed by atoms with Crippen molar-refractivity contribution in [3.8, 4) is 0 Å². The SMILES string of the molecule is CN(CC(=O)O)CC(=O)N1CCS(=O)(=O)CC1. The van der Waals surface area contributed by atoms with Crippen LogP contribution in [0.1, 0.15) is 0 Å². The predicted molar refractivity (Wildman–Crippen MR) is 60.4 cm³/mol. The monoisotopic (exact) mass is 264 g/mol. The van der Waals surface area contributed by atoms with Gasteiger partial charge in [0.15, 0.2) is 9.84 Å². The molecule has 1 N–H and O–H groups in total. The Morgan fingerprint density at radius 2 is 1.76 bits per heavy atom. The number of amides is 1. The molecule has 0 aromatic heterocycles. The molecule has 0 aromatic rings. The van der Waals surface area contributed by atoms with Gasteiger partial charge in [-0.2, -0.15) is 0 Å². The maximum Gasteiger partial charge on any atom is 0.317 e. The van der Waals surface area contributed by atoms with Gasteiger partial charge in [0.05, 0.1) is 24.6 Å². The van der Waals surface area contributed by atoms with E-state index in [1.165, 1.54) is 16.8 Å². The molecule has 0 aliphatic carbocycles. The van der Waals surface area contributed by atoms with Gasteiger partial charge in [-0.1, -0.05) is 0 Å². The molecule has 7 nitrogen and oxygen atoms in total. The Hall–Kier alpha value is -1.15. The minimum atomic E-state index is -3.00. The Kier molecular flexibility index (Phi) is 4.47. The number of hydrogen-bond donors (Lipinski definition) is 1. The van der Waals surface area contributed by atoms with Crippen molar-refractivity contribution in [1.82, 2.24) is 9.80 Å². The van der Waals surface area contributed by atoms with Gasteiger partial charge in [0.1, 0.15) is 0 Å². The van der Waals surface area contributed by atoms with Crippen LogP contribution < -0.4 is 0 Å². The molecule has 0 aromatic carbocycles. The van der Waals surface area contributed by atoms with Crippen LogP contribution in [0.5, 0.6) is 0 Å². The summed E-state index contributed by atoms with van der Waals surface area (Å²) in [5.41, 5.74) is 0.